The summed E-state index contributed by atoms with van der Waals surface area (Å²) in [5.41, 5.74) is 1.49. The minimum Gasteiger partial charge on any atom is -0.353 e. The van der Waals surface area contributed by atoms with Crippen LogP contribution in [0.25, 0.3) is 0 Å². The second-order valence-corrected chi connectivity index (χ2v) is 8.32. The van der Waals surface area contributed by atoms with Crippen LogP contribution in [0.4, 0.5) is 5.82 Å². The lowest BCUT2D eigenvalue weighted by Gasteiger charge is -2.37. The fourth-order valence-corrected chi connectivity index (χ4v) is 5.25. The van der Waals surface area contributed by atoms with Crippen molar-refractivity contribution >= 4 is 23.1 Å². The molecule has 1 atom stereocenters. The summed E-state index contributed by atoms with van der Waals surface area (Å²) in [6, 6.07) is 8.75. The molecule has 0 radical (unpaired) electrons. The topological polar surface area (TPSA) is 39.7 Å². The largest absolute Gasteiger partial charge is 0.353 e. The highest BCUT2D eigenvalue weighted by atomic mass is 32.1. The Bertz CT molecular complexity index is 755. The molecule has 0 aromatic carbocycles. The molecule has 0 unspecified atom stereocenters. The quantitative estimate of drug-likeness (QED) is 0.794. The van der Waals surface area contributed by atoms with E-state index in [1.165, 1.54) is 10.4 Å². The molecule has 144 valence electrons. The second-order valence-electron chi connectivity index (χ2n) is 7.31. The van der Waals surface area contributed by atoms with E-state index in [-0.39, 0.29) is 0 Å². The van der Waals surface area contributed by atoms with Crippen LogP contribution in [0.2, 0.25) is 0 Å². The van der Waals surface area contributed by atoms with Gasteiger partial charge in [-0.1, -0.05) is 13.0 Å². The zero-order valence-electron chi connectivity index (χ0n) is 16.0. The number of piperazine rings is 1. The van der Waals surface area contributed by atoms with E-state index < -0.39 is 0 Å². The third-order valence-electron chi connectivity index (χ3n) is 5.81. The third kappa shape index (κ3) is 4.01. The Kier molecular flexibility index (Phi) is 5.74. The lowest BCUT2D eigenvalue weighted by atomic mass is 9.97. The van der Waals surface area contributed by atoms with Crippen LogP contribution < -0.4 is 4.90 Å². The highest BCUT2D eigenvalue weighted by Gasteiger charge is 2.28. The van der Waals surface area contributed by atoms with E-state index >= 15 is 0 Å². The summed E-state index contributed by atoms with van der Waals surface area (Å²) in [7, 11) is 0. The van der Waals surface area contributed by atoms with Crippen molar-refractivity contribution in [2.45, 2.75) is 32.2 Å². The Morgan fingerprint density at radius 1 is 1.19 bits per heavy atom. The zero-order valence-corrected chi connectivity index (χ0v) is 16.8. The van der Waals surface area contributed by atoms with Gasteiger partial charge in [0.2, 0.25) is 5.91 Å². The molecule has 4 rings (SSSR count). The predicted octanol–water partition coefficient (Wildman–Crippen LogP) is 3.19. The minimum absolute atomic E-state index is 0.293. The van der Waals surface area contributed by atoms with Crippen LogP contribution >= 0.6 is 11.3 Å². The van der Waals surface area contributed by atoms with Crippen molar-refractivity contribution < 1.29 is 4.79 Å². The molecule has 6 heteroatoms. The molecule has 1 amide bonds. The molecule has 0 saturated carbocycles. The van der Waals surface area contributed by atoms with Crippen LogP contribution in [0.15, 0.2) is 35.8 Å². The van der Waals surface area contributed by atoms with E-state index in [0.717, 1.165) is 57.9 Å². The van der Waals surface area contributed by atoms with Crippen LogP contribution in [0.5, 0.6) is 0 Å². The monoisotopic (exact) mass is 384 g/mol. The fourth-order valence-electron chi connectivity index (χ4n) is 4.32. The van der Waals surface area contributed by atoms with Crippen molar-refractivity contribution in [3.05, 3.63) is 46.3 Å². The number of aromatic nitrogens is 1. The molecule has 2 aliphatic rings. The summed E-state index contributed by atoms with van der Waals surface area (Å²) in [5, 5.41) is 2.21. The maximum absolute atomic E-state index is 12.7. The van der Waals surface area contributed by atoms with Crippen LogP contribution in [-0.2, 0) is 11.2 Å². The Hall–Kier alpha value is -1.92. The molecular weight excluding hydrogens is 356 g/mol. The van der Waals surface area contributed by atoms with Crippen molar-refractivity contribution in [3.8, 4) is 0 Å². The van der Waals surface area contributed by atoms with E-state index in [1.807, 2.05) is 40.6 Å². The summed E-state index contributed by atoms with van der Waals surface area (Å²) in [5.74, 6) is 1.30. The summed E-state index contributed by atoms with van der Waals surface area (Å²) < 4.78 is 0. The fraction of sp³-hybridized carbons (Fsp3) is 0.524. The van der Waals surface area contributed by atoms with Gasteiger partial charge < -0.3 is 9.80 Å². The van der Waals surface area contributed by atoms with Crippen LogP contribution in [-0.4, -0.2) is 60.0 Å². The third-order valence-corrected chi connectivity index (χ3v) is 6.81. The first-order chi connectivity index (χ1) is 13.3. The smallest absolute Gasteiger partial charge is 0.223 e. The minimum atomic E-state index is 0.293. The van der Waals surface area contributed by atoms with E-state index in [4.69, 9.17) is 0 Å². The molecule has 0 bridgehead atoms. The number of anilines is 1. The number of pyridine rings is 1. The first-order valence-electron chi connectivity index (χ1n) is 10.0. The summed E-state index contributed by atoms with van der Waals surface area (Å²) in [6.45, 7) is 7.51. The second kappa shape index (κ2) is 8.40. The molecule has 2 aromatic heterocycles. The number of carbonyl (C=O) groups is 1. The average Bonchev–Trinajstić information content (AvgIpc) is 3.21. The lowest BCUT2D eigenvalue weighted by Crippen LogP contribution is -2.49. The van der Waals surface area contributed by atoms with E-state index in [0.29, 0.717) is 18.4 Å². The van der Waals surface area contributed by atoms with Gasteiger partial charge in [-0.15, -0.1) is 11.3 Å². The number of amides is 1. The molecule has 0 spiro atoms. The highest BCUT2D eigenvalue weighted by Crippen LogP contribution is 2.35. The SMILES string of the molecule is CC[C@@H]1c2ccsc2CCN1CCC(=O)N1CCN(c2ccccn2)CC1. The molecular formula is C21H28N4OS. The van der Waals surface area contributed by atoms with E-state index in [2.05, 4.69) is 33.2 Å². The number of fused-ring (bicyclic) bond motifs is 1. The van der Waals surface area contributed by atoms with Crippen LogP contribution in [0.3, 0.4) is 0 Å². The van der Waals surface area contributed by atoms with Crippen LogP contribution in [0, 0.1) is 0 Å². The lowest BCUT2D eigenvalue weighted by molar-refractivity contribution is -0.132. The van der Waals surface area contributed by atoms with Gasteiger partial charge >= 0.3 is 0 Å². The van der Waals surface area contributed by atoms with Gasteiger partial charge in [-0.05, 0) is 42.0 Å². The molecule has 2 aromatic rings. The van der Waals surface area contributed by atoms with Gasteiger partial charge in [0.05, 0.1) is 0 Å². The molecule has 5 nitrogen and oxygen atoms in total. The first kappa shape index (κ1) is 18.4. The Morgan fingerprint density at radius 2 is 2.04 bits per heavy atom. The number of nitrogens with zero attached hydrogens (tertiary/aromatic N) is 4. The first-order valence-corrected chi connectivity index (χ1v) is 10.9. The number of hydrogen-bond acceptors (Lipinski definition) is 5. The van der Waals surface area contributed by atoms with Crippen molar-refractivity contribution in [1.82, 2.24) is 14.8 Å². The summed E-state index contributed by atoms with van der Waals surface area (Å²) in [4.78, 5) is 25.5. The standard InChI is InChI=1S/C21H28N4OS/c1-2-18-17-8-16-27-19(17)6-10-23(18)11-7-21(26)25-14-12-24(13-15-25)20-5-3-4-9-22-20/h3-5,8-9,16,18H,2,6-7,10-15H2,1H3/t18-/m1/s1. The number of hydrogen-bond donors (Lipinski definition) is 0. The number of carbonyl (C=O) groups excluding carboxylic acids is 1. The number of rotatable bonds is 5. The van der Waals surface area contributed by atoms with Crippen molar-refractivity contribution in [2.24, 2.45) is 0 Å². The number of thiophene rings is 1. The van der Waals surface area contributed by atoms with Gasteiger partial charge in [0.25, 0.3) is 0 Å². The van der Waals surface area contributed by atoms with Gasteiger partial charge in [0.15, 0.2) is 0 Å². The Morgan fingerprint density at radius 3 is 2.78 bits per heavy atom. The van der Waals surface area contributed by atoms with Crippen molar-refractivity contribution in [2.75, 3.05) is 44.2 Å². The predicted molar refractivity (Wildman–Crippen MR) is 110 cm³/mol. The van der Waals surface area contributed by atoms with Gasteiger partial charge in [0, 0.05) is 62.8 Å². The van der Waals surface area contributed by atoms with Crippen molar-refractivity contribution in [3.63, 3.8) is 0 Å². The summed E-state index contributed by atoms with van der Waals surface area (Å²) >= 11 is 1.88. The molecule has 2 aliphatic heterocycles. The Balaban J connectivity index is 1.28. The molecule has 27 heavy (non-hydrogen) atoms. The van der Waals surface area contributed by atoms with Gasteiger partial charge in [-0.25, -0.2) is 4.98 Å². The van der Waals surface area contributed by atoms with E-state index in [9.17, 15) is 4.79 Å². The molecule has 1 fully saturated rings. The molecule has 1 saturated heterocycles. The zero-order chi connectivity index (χ0) is 18.6. The normalized spacial score (nSPS) is 20.6. The van der Waals surface area contributed by atoms with Gasteiger partial charge in [-0.3, -0.25) is 9.69 Å². The van der Waals surface area contributed by atoms with Gasteiger partial charge in [0.1, 0.15) is 5.82 Å². The molecule has 0 aliphatic carbocycles. The van der Waals surface area contributed by atoms with Crippen LogP contribution in [0.1, 0.15) is 36.2 Å². The maximum atomic E-state index is 12.7. The molecule has 0 N–H and O–H groups in total. The van der Waals surface area contributed by atoms with Gasteiger partial charge in [-0.2, -0.15) is 0 Å². The Labute approximate surface area is 165 Å². The highest BCUT2D eigenvalue weighted by molar-refractivity contribution is 7.10. The van der Waals surface area contributed by atoms with E-state index in [1.54, 1.807) is 0 Å². The van der Waals surface area contributed by atoms with Crippen molar-refractivity contribution in [1.29, 1.82) is 0 Å². The average molecular weight is 385 g/mol. The maximum Gasteiger partial charge on any atom is 0.223 e. The summed E-state index contributed by atoms with van der Waals surface area (Å²) in [6.07, 6.45) is 4.69. The molecule has 4 heterocycles.